The third kappa shape index (κ3) is 14.8. The molecule has 0 aromatic rings. The van der Waals surface area contributed by atoms with Crippen molar-refractivity contribution in [1.29, 1.82) is 0 Å². The van der Waals surface area contributed by atoms with E-state index >= 15 is 0 Å². The Balaban J connectivity index is 0. The van der Waals surface area contributed by atoms with Crippen molar-refractivity contribution in [2.75, 3.05) is 0 Å². The molecule has 0 saturated carbocycles. The molecule has 29 heavy (non-hydrogen) atoms. The molecule has 2 atom stereocenters. The minimum absolute atomic E-state index is 0. The van der Waals surface area contributed by atoms with Crippen LogP contribution in [0, 0.1) is 11.8 Å². The van der Waals surface area contributed by atoms with Gasteiger partial charge in [0, 0.05) is 43.2 Å². The van der Waals surface area contributed by atoms with E-state index in [1.165, 1.54) is 19.9 Å². The van der Waals surface area contributed by atoms with Crippen LogP contribution in [0.15, 0.2) is 23.3 Å². The third-order valence-electron chi connectivity index (χ3n) is 5.20. The molecule has 0 spiro atoms. The maximum Gasteiger partial charge on any atom is 0.136 e. The maximum absolute atomic E-state index is 15.0. The first kappa shape index (κ1) is 30.5. The van der Waals surface area contributed by atoms with Crippen LogP contribution in [0.5, 0.6) is 0 Å². The van der Waals surface area contributed by atoms with Gasteiger partial charge in [-0.05, 0) is 44.8 Å². The quantitative estimate of drug-likeness (QED) is 0.225. The average molecular weight is 450 g/mol. The fourth-order valence-electron chi connectivity index (χ4n) is 3.29. The Morgan fingerprint density at radius 2 is 1.45 bits per heavy atom. The van der Waals surface area contributed by atoms with E-state index in [4.69, 9.17) is 0 Å². The van der Waals surface area contributed by atoms with E-state index in [0.29, 0.717) is 12.0 Å². The molecule has 0 amide bonds. The fraction of sp³-hybridized carbons (Fsp3) is 0.750. The van der Waals surface area contributed by atoms with Gasteiger partial charge >= 0.3 is 0 Å². The first-order valence-corrected chi connectivity index (χ1v) is 11.0. The molecule has 5 heteroatoms. The van der Waals surface area contributed by atoms with E-state index in [0.717, 1.165) is 44.9 Å². The summed E-state index contributed by atoms with van der Waals surface area (Å²) in [5.41, 5.74) is 0.365. The molecule has 167 valence electrons. The zero-order valence-corrected chi connectivity index (χ0v) is 20.4. The van der Waals surface area contributed by atoms with E-state index in [2.05, 4.69) is 13.8 Å². The number of allylic oxidation sites excluding steroid dienone is 4. The average Bonchev–Trinajstić information content (AvgIpc) is 2.63. The Labute approximate surface area is 188 Å². The summed E-state index contributed by atoms with van der Waals surface area (Å²) < 4.78 is 29.6. The van der Waals surface area contributed by atoms with Crippen molar-refractivity contribution in [3.05, 3.63) is 23.3 Å². The number of ketones is 2. The summed E-state index contributed by atoms with van der Waals surface area (Å²) in [5.74, 6) is -1.57. The fourth-order valence-corrected chi connectivity index (χ4v) is 3.29. The molecular formula is C24H40F2O2V. The minimum atomic E-state index is -0.467. The van der Waals surface area contributed by atoms with E-state index in [-0.39, 0.29) is 61.1 Å². The molecule has 0 N–H and O–H groups in total. The molecule has 0 rings (SSSR count). The monoisotopic (exact) mass is 449 g/mol. The molecule has 1 radical (unpaired) electrons. The number of hydrogen-bond acceptors (Lipinski definition) is 2. The Bertz CT molecular complexity index is 541. The summed E-state index contributed by atoms with van der Waals surface area (Å²) in [6, 6.07) is 0. The number of carbonyl (C=O) groups is 2. The van der Waals surface area contributed by atoms with Crippen molar-refractivity contribution in [2.24, 2.45) is 11.8 Å². The van der Waals surface area contributed by atoms with Crippen molar-refractivity contribution in [1.82, 2.24) is 0 Å². The van der Waals surface area contributed by atoms with Gasteiger partial charge in [-0.1, -0.05) is 59.3 Å². The largest absolute Gasteiger partial charge is 0.300 e. The van der Waals surface area contributed by atoms with Crippen LogP contribution in [0.4, 0.5) is 8.78 Å². The molecule has 2 unspecified atom stereocenters. The van der Waals surface area contributed by atoms with Crippen LogP contribution in [-0.2, 0) is 28.1 Å². The molecule has 0 fully saturated rings. The Morgan fingerprint density at radius 3 is 1.93 bits per heavy atom. The van der Waals surface area contributed by atoms with Crippen LogP contribution < -0.4 is 0 Å². The SMILES string of the molecule is CCCCCC(/C=C(\F)C/C(CCC(C)=O)=C(\F)C(C)CCCCC)C(C)=O.[V]. The topological polar surface area (TPSA) is 34.1 Å². The molecule has 0 aliphatic rings. The summed E-state index contributed by atoms with van der Waals surface area (Å²) in [7, 11) is 0. The van der Waals surface area contributed by atoms with Gasteiger partial charge in [-0.15, -0.1) is 0 Å². The van der Waals surface area contributed by atoms with Gasteiger partial charge in [0.1, 0.15) is 23.2 Å². The number of halogens is 2. The van der Waals surface area contributed by atoms with Gasteiger partial charge in [-0.2, -0.15) is 0 Å². The zero-order chi connectivity index (χ0) is 21.5. The second-order valence-electron chi connectivity index (χ2n) is 8.05. The number of carbonyl (C=O) groups excluding carboxylic acids is 2. The van der Waals surface area contributed by atoms with E-state index in [9.17, 15) is 18.4 Å². The molecule has 0 aliphatic carbocycles. The standard InChI is InChI=1S/C24H40F2O2.V/c1-6-8-10-12-18(3)24(26)22(15-14-19(4)27)17-23(25)16-21(20(5)28)13-11-9-7-2;/h16,18,21H,6-15,17H2,1-5H3;/b23-16-,24-22-;. The predicted molar refractivity (Wildman–Crippen MR) is 113 cm³/mol. The summed E-state index contributed by atoms with van der Waals surface area (Å²) in [6.45, 7) is 8.94. The van der Waals surface area contributed by atoms with Gasteiger partial charge in [-0.25, -0.2) is 8.78 Å². The zero-order valence-electron chi connectivity index (χ0n) is 19.0. The molecule has 0 aromatic heterocycles. The van der Waals surface area contributed by atoms with E-state index in [1.807, 2.05) is 6.92 Å². The first-order valence-electron chi connectivity index (χ1n) is 11.0. The summed E-state index contributed by atoms with van der Waals surface area (Å²) in [6.07, 6.45) is 8.99. The smallest absolute Gasteiger partial charge is 0.136 e. The minimum Gasteiger partial charge on any atom is -0.300 e. The van der Waals surface area contributed by atoms with Gasteiger partial charge < -0.3 is 4.79 Å². The van der Waals surface area contributed by atoms with Crippen LogP contribution in [-0.4, -0.2) is 11.6 Å². The van der Waals surface area contributed by atoms with Gasteiger partial charge in [0.15, 0.2) is 0 Å². The number of Topliss-reactive ketones (excluding diaryl/α,β-unsaturated/α-hetero) is 2. The Morgan fingerprint density at radius 1 is 0.897 bits per heavy atom. The predicted octanol–water partition coefficient (Wildman–Crippen LogP) is 7.82. The maximum atomic E-state index is 15.0. The van der Waals surface area contributed by atoms with Crippen molar-refractivity contribution in [2.45, 2.75) is 105 Å². The second kappa shape index (κ2) is 18.1. The molecular weight excluding hydrogens is 409 g/mol. The first-order chi connectivity index (χ1) is 13.2. The van der Waals surface area contributed by atoms with Gasteiger partial charge in [-0.3, -0.25) is 4.79 Å². The van der Waals surface area contributed by atoms with E-state index < -0.39 is 11.7 Å². The van der Waals surface area contributed by atoms with Crippen LogP contribution in [0.25, 0.3) is 0 Å². The third-order valence-corrected chi connectivity index (χ3v) is 5.20. The molecule has 0 saturated heterocycles. The number of rotatable bonds is 16. The van der Waals surface area contributed by atoms with Gasteiger partial charge in [0.2, 0.25) is 0 Å². The summed E-state index contributed by atoms with van der Waals surface area (Å²) in [4.78, 5) is 23.2. The second-order valence-corrected chi connectivity index (χ2v) is 8.05. The Kier molecular flexibility index (Phi) is 19.0. The van der Waals surface area contributed by atoms with Crippen molar-refractivity contribution < 1.29 is 36.9 Å². The molecule has 0 aliphatic heterocycles. The molecule has 2 nitrogen and oxygen atoms in total. The van der Waals surface area contributed by atoms with Crippen LogP contribution in [0.2, 0.25) is 0 Å². The van der Waals surface area contributed by atoms with Crippen LogP contribution in [0.1, 0.15) is 105 Å². The summed E-state index contributed by atoms with van der Waals surface area (Å²) in [5, 5.41) is 0. The van der Waals surface area contributed by atoms with Crippen molar-refractivity contribution in [3.63, 3.8) is 0 Å². The van der Waals surface area contributed by atoms with Gasteiger partial charge in [0.25, 0.3) is 0 Å². The molecule has 0 heterocycles. The van der Waals surface area contributed by atoms with Gasteiger partial charge in [0.05, 0.1) is 0 Å². The van der Waals surface area contributed by atoms with Crippen LogP contribution in [0.3, 0.4) is 0 Å². The summed E-state index contributed by atoms with van der Waals surface area (Å²) >= 11 is 0. The Hall–Kier alpha value is -0.736. The molecule has 0 bridgehead atoms. The van der Waals surface area contributed by atoms with Crippen molar-refractivity contribution in [3.8, 4) is 0 Å². The normalized spacial score (nSPS) is 14.7. The van der Waals surface area contributed by atoms with Crippen LogP contribution >= 0.6 is 0 Å². The molecule has 0 aromatic carbocycles. The number of hydrogen-bond donors (Lipinski definition) is 0. The number of unbranched alkanes of at least 4 members (excludes halogenated alkanes) is 4. The van der Waals surface area contributed by atoms with E-state index in [1.54, 1.807) is 0 Å². The van der Waals surface area contributed by atoms with Crippen molar-refractivity contribution >= 4 is 11.6 Å².